The summed E-state index contributed by atoms with van der Waals surface area (Å²) in [6.07, 6.45) is 10.4. The highest BCUT2D eigenvalue weighted by Crippen LogP contribution is 2.39. The minimum absolute atomic E-state index is 0.0177. The van der Waals surface area contributed by atoms with Crippen molar-refractivity contribution < 1.29 is 4.79 Å². The van der Waals surface area contributed by atoms with Crippen LogP contribution in [0.1, 0.15) is 65.2 Å². The Hall–Kier alpha value is -0.690. The Kier molecular flexibility index (Phi) is 6.38. The van der Waals surface area contributed by atoms with E-state index < -0.39 is 0 Å². The molecule has 5 N–H and O–H groups in total. The van der Waals surface area contributed by atoms with Gasteiger partial charge in [0.2, 0.25) is 5.91 Å². The lowest BCUT2D eigenvalue weighted by Gasteiger charge is -2.44. The molecule has 0 aromatic heterocycles. The molecule has 8 atom stereocenters. The third kappa shape index (κ3) is 4.43. The van der Waals surface area contributed by atoms with Gasteiger partial charge in [-0.15, -0.1) is 0 Å². The number of carbonyl (C=O) groups is 1. The molecule has 170 valence electrons. The second-order valence-corrected chi connectivity index (χ2v) is 11.2. The molecule has 2 saturated carbocycles. The third-order valence-corrected chi connectivity index (χ3v) is 8.89. The van der Waals surface area contributed by atoms with Crippen molar-refractivity contribution in [3.63, 3.8) is 0 Å². The van der Waals surface area contributed by atoms with Crippen LogP contribution in [0, 0.1) is 29.6 Å². The van der Waals surface area contributed by atoms with Gasteiger partial charge >= 0.3 is 0 Å². The van der Waals surface area contributed by atoms with Crippen molar-refractivity contribution in [1.29, 1.82) is 0 Å². The maximum absolute atomic E-state index is 13.3. The van der Waals surface area contributed by atoms with Crippen LogP contribution in [0.4, 0.5) is 0 Å². The lowest BCUT2D eigenvalue weighted by atomic mass is 9.78. The van der Waals surface area contributed by atoms with Crippen LogP contribution in [-0.2, 0) is 4.79 Å². The first-order valence-corrected chi connectivity index (χ1v) is 12.9. The molecule has 5 aliphatic rings. The van der Waals surface area contributed by atoms with Crippen LogP contribution in [0.15, 0.2) is 0 Å². The van der Waals surface area contributed by atoms with Gasteiger partial charge in [0.25, 0.3) is 0 Å². The van der Waals surface area contributed by atoms with E-state index in [9.17, 15) is 4.79 Å². The first kappa shape index (κ1) is 21.2. The Bertz CT molecular complexity index is 604. The van der Waals surface area contributed by atoms with E-state index in [-0.39, 0.29) is 11.9 Å². The Balaban J connectivity index is 1.18. The van der Waals surface area contributed by atoms with Crippen molar-refractivity contribution in [3.8, 4) is 0 Å². The van der Waals surface area contributed by atoms with Crippen molar-refractivity contribution >= 4 is 5.91 Å². The standard InChI is InChI=1S/C24H43N5O/c1-14-5-3-6-17-12-19(28-20(14)17)24(30)29-22(16-7-8-16)21-15(2)11-18(13-27-21)23-25-9-4-10-26-23/h14-23,25-28H,3-13H2,1-2H3,(H,29,30). The molecule has 8 unspecified atom stereocenters. The fourth-order valence-electron chi connectivity index (χ4n) is 7.04. The fourth-order valence-corrected chi connectivity index (χ4v) is 7.04. The van der Waals surface area contributed by atoms with Crippen molar-refractivity contribution in [2.24, 2.45) is 29.6 Å². The number of hydrogen-bond acceptors (Lipinski definition) is 5. The maximum Gasteiger partial charge on any atom is 0.237 e. The van der Waals surface area contributed by atoms with Crippen molar-refractivity contribution in [1.82, 2.24) is 26.6 Å². The Morgan fingerprint density at radius 3 is 2.40 bits per heavy atom. The molecule has 2 aliphatic carbocycles. The van der Waals surface area contributed by atoms with Gasteiger partial charge in [-0.05, 0) is 81.7 Å². The molecule has 5 rings (SSSR count). The van der Waals surface area contributed by atoms with Crippen LogP contribution < -0.4 is 26.6 Å². The molecule has 3 saturated heterocycles. The summed E-state index contributed by atoms with van der Waals surface area (Å²) >= 11 is 0. The molecule has 0 radical (unpaired) electrons. The van der Waals surface area contributed by atoms with Crippen LogP contribution >= 0.6 is 0 Å². The van der Waals surface area contributed by atoms with Gasteiger partial charge in [-0.2, -0.15) is 0 Å². The van der Waals surface area contributed by atoms with Gasteiger partial charge in [-0.25, -0.2) is 0 Å². The molecule has 0 bridgehead atoms. The largest absolute Gasteiger partial charge is 0.350 e. The topological polar surface area (TPSA) is 77.2 Å². The third-order valence-electron chi connectivity index (χ3n) is 8.89. The van der Waals surface area contributed by atoms with Crippen LogP contribution in [0.2, 0.25) is 0 Å². The van der Waals surface area contributed by atoms with Crippen LogP contribution in [0.5, 0.6) is 0 Å². The summed E-state index contributed by atoms with van der Waals surface area (Å²) in [4.78, 5) is 13.3. The van der Waals surface area contributed by atoms with E-state index in [2.05, 4.69) is 40.4 Å². The molecule has 3 aliphatic heterocycles. The van der Waals surface area contributed by atoms with Crippen LogP contribution in [0.25, 0.3) is 0 Å². The van der Waals surface area contributed by atoms with Gasteiger partial charge < -0.3 is 26.6 Å². The van der Waals surface area contributed by atoms with Gasteiger partial charge in [0.1, 0.15) is 0 Å². The zero-order chi connectivity index (χ0) is 20.7. The Morgan fingerprint density at radius 2 is 1.70 bits per heavy atom. The summed E-state index contributed by atoms with van der Waals surface area (Å²) in [6, 6.07) is 1.27. The molecule has 0 spiro atoms. The van der Waals surface area contributed by atoms with Crippen LogP contribution in [0.3, 0.4) is 0 Å². The minimum atomic E-state index is 0.0177. The number of hydrogen-bond donors (Lipinski definition) is 5. The number of carbonyl (C=O) groups excluding carboxylic acids is 1. The first-order chi connectivity index (χ1) is 14.6. The highest BCUT2D eigenvalue weighted by Gasteiger charge is 2.46. The molecule has 0 aromatic rings. The van der Waals surface area contributed by atoms with Crippen molar-refractivity contribution in [3.05, 3.63) is 0 Å². The summed E-state index contributed by atoms with van der Waals surface area (Å²) < 4.78 is 0. The fraction of sp³-hybridized carbons (Fsp3) is 0.958. The highest BCUT2D eigenvalue weighted by molar-refractivity contribution is 5.82. The summed E-state index contributed by atoms with van der Waals surface area (Å²) in [5, 5.41) is 18.5. The van der Waals surface area contributed by atoms with E-state index in [1.807, 2.05) is 0 Å². The van der Waals surface area contributed by atoms with E-state index in [1.54, 1.807) is 0 Å². The van der Waals surface area contributed by atoms with Gasteiger partial charge in [-0.1, -0.05) is 20.3 Å². The monoisotopic (exact) mass is 417 g/mol. The molecule has 3 heterocycles. The van der Waals surface area contributed by atoms with Crippen LogP contribution in [-0.4, -0.2) is 55.9 Å². The molecule has 30 heavy (non-hydrogen) atoms. The molecular formula is C24H43N5O. The lowest BCUT2D eigenvalue weighted by molar-refractivity contribution is -0.124. The molecule has 0 aromatic carbocycles. The maximum atomic E-state index is 13.3. The highest BCUT2D eigenvalue weighted by atomic mass is 16.2. The van der Waals surface area contributed by atoms with Crippen molar-refractivity contribution in [2.75, 3.05) is 19.6 Å². The first-order valence-electron chi connectivity index (χ1n) is 12.9. The predicted octanol–water partition coefficient (Wildman–Crippen LogP) is 1.57. The van der Waals surface area contributed by atoms with Gasteiger partial charge in [0, 0.05) is 30.6 Å². The van der Waals surface area contributed by atoms with Gasteiger partial charge in [-0.3, -0.25) is 4.79 Å². The summed E-state index contributed by atoms with van der Waals surface area (Å²) in [5.74, 6) is 3.55. The molecule has 6 nitrogen and oxygen atoms in total. The molecule has 6 heteroatoms. The zero-order valence-electron chi connectivity index (χ0n) is 19.0. The molecular weight excluding hydrogens is 374 g/mol. The second-order valence-electron chi connectivity index (χ2n) is 11.2. The summed E-state index contributed by atoms with van der Waals surface area (Å²) in [5.41, 5.74) is 0. The molecule has 5 fully saturated rings. The van der Waals surface area contributed by atoms with Crippen molar-refractivity contribution in [2.45, 2.75) is 95.5 Å². The average Bonchev–Trinajstić information content (AvgIpc) is 3.50. The van der Waals surface area contributed by atoms with Gasteiger partial charge in [0.05, 0.1) is 12.2 Å². The van der Waals surface area contributed by atoms with Gasteiger partial charge in [0.15, 0.2) is 0 Å². The smallest absolute Gasteiger partial charge is 0.237 e. The van der Waals surface area contributed by atoms with E-state index >= 15 is 0 Å². The Labute approximate surface area is 182 Å². The second kappa shape index (κ2) is 9.05. The zero-order valence-corrected chi connectivity index (χ0v) is 19.0. The van der Waals surface area contributed by atoms with E-state index in [4.69, 9.17) is 0 Å². The number of piperidine rings is 1. The number of nitrogens with one attached hydrogen (secondary N) is 5. The van der Waals surface area contributed by atoms with E-state index in [1.165, 1.54) is 44.9 Å². The quantitative estimate of drug-likeness (QED) is 0.469. The predicted molar refractivity (Wildman–Crippen MR) is 120 cm³/mol. The van der Waals surface area contributed by atoms with E-state index in [0.29, 0.717) is 53.9 Å². The number of rotatable bonds is 5. The summed E-state index contributed by atoms with van der Waals surface area (Å²) in [7, 11) is 0. The minimum Gasteiger partial charge on any atom is -0.350 e. The molecule has 1 amide bonds. The lowest BCUT2D eigenvalue weighted by Crippen LogP contribution is -2.63. The Morgan fingerprint density at radius 1 is 0.900 bits per heavy atom. The number of amides is 1. The average molecular weight is 418 g/mol. The van der Waals surface area contributed by atoms with E-state index in [0.717, 1.165) is 26.1 Å². The number of fused-ring (bicyclic) bond motifs is 1. The normalized spacial score (nSPS) is 43.7. The summed E-state index contributed by atoms with van der Waals surface area (Å²) in [6.45, 7) is 8.04. The SMILES string of the molecule is CC1CCCC2CC(C(=O)NC(C3CC3)C3NCC(C4NCCCN4)CC3C)NC12.